The van der Waals surface area contributed by atoms with Crippen molar-refractivity contribution < 1.29 is 9.68 Å². The van der Waals surface area contributed by atoms with E-state index in [4.69, 9.17) is 5.02 Å². The average Bonchev–Trinajstić information content (AvgIpc) is 1.91. The molecule has 0 saturated carbocycles. The molecular weight excluding hydrogens is 119 g/mol. The molecule has 0 aliphatic carbocycles. The molecule has 45 valence electrons. The summed E-state index contributed by atoms with van der Waals surface area (Å²) < 4.78 is 4.46. The van der Waals surface area contributed by atoms with E-state index >= 15 is 0 Å². The third-order valence-electron chi connectivity index (χ3n) is 0.713. The Labute approximate surface area is 52.8 Å². The van der Waals surface area contributed by atoms with Gasteiger partial charge in [0.25, 0.3) is 0 Å². The molecule has 1 radical (unpaired) electrons. The van der Waals surface area contributed by atoms with Crippen molar-refractivity contribution in [1.82, 2.24) is 9.97 Å². The van der Waals surface area contributed by atoms with Gasteiger partial charge < -0.3 is 9.68 Å². The number of hydrogen-bond donors (Lipinski definition) is 1. The monoisotopic (exact) mass is 123 g/mol. The quantitative estimate of drug-likeness (QED) is 0.532. The smallest absolute Gasteiger partial charge is 0.522 e. The lowest BCUT2D eigenvalue weighted by atomic mass is 10.4. The topological polar surface area (TPSA) is 55.2 Å². The van der Waals surface area contributed by atoms with Gasteiger partial charge in [0.2, 0.25) is 5.88 Å². The van der Waals surface area contributed by atoms with E-state index in [0.717, 1.165) is 0 Å². The summed E-state index contributed by atoms with van der Waals surface area (Å²) in [5, 5.41) is 8.10. The van der Waals surface area contributed by atoms with Crippen LogP contribution in [0.3, 0.4) is 0 Å². The van der Waals surface area contributed by atoms with Crippen LogP contribution in [-0.2, 0) is 0 Å². The van der Waals surface area contributed by atoms with Crippen LogP contribution in [0.25, 0.3) is 0 Å². The number of rotatable bonds is 2. The van der Waals surface area contributed by atoms with Gasteiger partial charge in [-0.3, -0.25) is 4.98 Å². The third-order valence-corrected chi connectivity index (χ3v) is 0.713. The molecule has 1 N–H and O–H groups in total. The predicted molar refractivity (Wildman–Crippen MR) is 30.6 cm³/mol. The van der Waals surface area contributed by atoms with Crippen LogP contribution in [0.5, 0.6) is 5.88 Å². The summed E-state index contributed by atoms with van der Waals surface area (Å²) in [5.41, 5.74) is 0. The van der Waals surface area contributed by atoms with Crippen molar-refractivity contribution in [2.24, 2.45) is 0 Å². The fraction of sp³-hybridized carbons (Fsp3) is 0. The fourth-order valence-corrected chi connectivity index (χ4v) is 0.400. The molecule has 0 saturated heterocycles. The first kappa shape index (κ1) is 6.03. The van der Waals surface area contributed by atoms with Gasteiger partial charge in [-0.25, -0.2) is 4.98 Å². The SMILES string of the molecule is O[B]Oc1cnccn1. The fourth-order valence-electron chi connectivity index (χ4n) is 0.400. The summed E-state index contributed by atoms with van der Waals surface area (Å²) in [7, 11) is 0.560. The molecule has 0 amide bonds. The molecule has 0 aliphatic heterocycles. The molecule has 0 aliphatic rings. The van der Waals surface area contributed by atoms with Crippen LogP contribution in [0, 0.1) is 0 Å². The summed E-state index contributed by atoms with van der Waals surface area (Å²) in [5.74, 6) is 0.278. The van der Waals surface area contributed by atoms with Gasteiger partial charge in [0, 0.05) is 12.4 Å². The number of aromatic nitrogens is 2. The second kappa shape index (κ2) is 3.04. The van der Waals surface area contributed by atoms with E-state index in [1.165, 1.54) is 18.6 Å². The van der Waals surface area contributed by atoms with Crippen molar-refractivity contribution >= 4 is 7.69 Å². The highest BCUT2D eigenvalue weighted by molar-refractivity contribution is 6.17. The Kier molecular flexibility index (Phi) is 2.03. The lowest BCUT2D eigenvalue weighted by Crippen LogP contribution is -2.01. The highest BCUT2D eigenvalue weighted by Crippen LogP contribution is 1.97. The molecule has 0 aromatic carbocycles. The zero-order valence-corrected chi connectivity index (χ0v) is 4.56. The Bertz CT molecular complexity index is 169. The van der Waals surface area contributed by atoms with E-state index in [1.807, 2.05) is 0 Å². The minimum Gasteiger partial charge on any atom is -0.522 e. The van der Waals surface area contributed by atoms with Gasteiger partial charge in [-0.2, -0.15) is 0 Å². The maximum Gasteiger partial charge on any atom is 0.570 e. The van der Waals surface area contributed by atoms with Crippen LogP contribution < -0.4 is 4.65 Å². The predicted octanol–water partition coefficient (Wildman–Crippen LogP) is -0.618. The molecule has 0 unspecified atom stereocenters. The van der Waals surface area contributed by atoms with Gasteiger partial charge in [-0.15, -0.1) is 0 Å². The van der Waals surface area contributed by atoms with Crippen molar-refractivity contribution in [3.8, 4) is 5.88 Å². The first-order chi connectivity index (χ1) is 4.43. The van der Waals surface area contributed by atoms with E-state index in [0.29, 0.717) is 7.69 Å². The molecule has 0 fully saturated rings. The summed E-state index contributed by atoms with van der Waals surface area (Å²) in [4.78, 5) is 7.38. The highest BCUT2D eigenvalue weighted by Gasteiger charge is 1.91. The largest absolute Gasteiger partial charge is 0.570 e. The van der Waals surface area contributed by atoms with Gasteiger partial charge in [-0.1, -0.05) is 0 Å². The summed E-state index contributed by atoms with van der Waals surface area (Å²) in [6, 6.07) is 0. The first-order valence-corrected chi connectivity index (χ1v) is 2.32. The molecule has 1 rings (SSSR count). The zero-order valence-electron chi connectivity index (χ0n) is 4.56. The van der Waals surface area contributed by atoms with Gasteiger partial charge in [0.05, 0.1) is 6.20 Å². The minimum atomic E-state index is 0.278. The maximum absolute atomic E-state index is 8.10. The molecule has 1 aromatic heterocycles. The highest BCUT2D eigenvalue weighted by atomic mass is 16.5. The third kappa shape index (κ3) is 1.69. The lowest BCUT2D eigenvalue weighted by molar-refractivity contribution is 0.441. The van der Waals surface area contributed by atoms with E-state index in [-0.39, 0.29) is 5.88 Å². The van der Waals surface area contributed by atoms with Gasteiger partial charge in [0.15, 0.2) is 0 Å². The summed E-state index contributed by atoms with van der Waals surface area (Å²) >= 11 is 0. The Hall–Kier alpha value is -1.10. The van der Waals surface area contributed by atoms with Crippen molar-refractivity contribution in [2.45, 2.75) is 0 Å². The normalized spacial score (nSPS) is 8.56. The van der Waals surface area contributed by atoms with E-state index < -0.39 is 0 Å². The average molecular weight is 123 g/mol. The molecule has 0 spiro atoms. The van der Waals surface area contributed by atoms with Crippen molar-refractivity contribution in [3.05, 3.63) is 18.6 Å². The molecule has 1 heterocycles. The van der Waals surface area contributed by atoms with Gasteiger partial charge in [-0.05, 0) is 0 Å². The first-order valence-electron chi connectivity index (χ1n) is 2.32. The lowest BCUT2D eigenvalue weighted by Gasteiger charge is -1.94. The molecule has 5 heteroatoms. The van der Waals surface area contributed by atoms with Crippen LogP contribution in [0.1, 0.15) is 0 Å². The van der Waals surface area contributed by atoms with E-state index in [1.54, 1.807) is 0 Å². The standard InChI is InChI=1S/C4H4BN2O2/c8-5-9-4-3-6-1-2-7-4/h1-3,8H. The van der Waals surface area contributed by atoms with Gasteiger partial charge in [0.1, 0.15) is 0 Å². The second-order valence-electron chi connectivity index (χ2n) is 1.27. The molecule has 1 aromatic rings. The van der Waals surface area contributed by atoms with Crippen molar-refractivity contribution in [2.75, 3.05) is 0 Å². The molecule has 0 bridgehead atoms. The second-order valence-corrected chi connectivity index (χ2v) is 1.27. The minimum absolute atomic E-state index is 0.278. The summed E-state index contributed by atoms with van der Waals surface area (Å²) in [6.45, 7) is 0. The van der Waals surface area contributed by atoms with Crippen LogP contribution in [0.15, 0.2) is 18.6 Å². The Morgan fingerprint density at radius 1 is 1.56 bits per heavy atom. The zero-order chi connectivity index (χ0) is 6.53. The summed E-state index contributed by atoms with van der Waals surface area (Å²) in [6.07, 6.45) is 4.38. The van der Waals surface area contributed by atoms with Crippen LogP contribution in [0.4, 0.5) is 0 Å². The molecule has 9 heavy (non-hydrogen) atoms. The Morgan fingerprint density at radius 3 is 3.00 bits per heavy atom. The van der Waals surface area contributed by atoms with Gasteiger partial charge >= 0.3 is 7.69 Å². The van der Waals surface area contributed by atoms with Crippen LogP contribution >= 0.6 is 0 Å². The number of hydrogen-bond acceptors (Lipinski definition) is 4. The molecule has 4 nitrogen and oxygen atoms in total. The maximum atomic E-state index is 8.10. The van der Waals surface area contributed by atoms with Crippen molar-refractivity contribution in [1.29, 1.82) is 0 Å². The van der Waals surface area contributed by atoms with Crippen LogP contribution in [-0.4, -0.2) is 22.7 Å². The molecule has 0 atom stereocenters. The van der Waals surface area contributed by atoms with Crippen LogP contribution in [0.2, 0.25) is 0 Å². The molecular formula is C4H4BN2O2. The van der Waals surface area contributed by atoms with E-state index in [2.05, 4.69) is 14.6 Å². The van der Waals surface area contributed by atoms with E-state index in [9.17, 15) is 0 Å². The number of nitrogens with zero attached hydrogens (tertiary/aromatic N) is 2. The Morgan fingerprint density at radius 2 is 2.44 bits per heavy atom. The van der Waals surface area contributed by atoms with Crippen molar-refractivity contribution in [3.63, 3.8) is 0 Å². The Balaban J connectivity index is 2.61.